The predicted octanol–water partition coefficient (Wildman–Crippen LogP) is 7.40. The van der Waals surface area contributed by atoms with Crippen molar-refractivity contribution in [1.29, 1.82) is 0 Å². The quantitative estimate of drug-likeness (QED) is 0.310. The van der Waals surface area contributed by atoms with Crippen molar-refractivity contribution in [2.45, 2.75) is 39.2 Å². The maximum Gasteiger partial charge on any atom is 0.322 e. The molecule has 0 fully saturated rings. The fourth-order valence-electron chi connectivity index (χ4n) is 3.91. The second kappa shape index (κ2) is 9.72. The van der Waals surface area contributed by atoms with Crippen molar-refractivity contribution in [3.63, 3.8) is 0 Å². The number of amides is 2. The van der Waals surface area contributed by atoms with Gasteiger partial charge >= 0.3 is 6.03 Å². The second-order valence-corrected chi connectivity index (χ2v) is 9.85. The van der Waals surface area contributed by atoms with E-state index >= 15 is 0 Å². The number of hydrogen-bond donors (Lipinski definition) is 2. The molecule has 3 aromatic carbocycles. The Morgan fingerprint density at radius 2 is 1.67 bits per heavy atom. The van der Waals surface area contributed by atoms with Gasteiger partial charge < -0.3 is 15.2 Å². The van der Waals surface area contributed by atoms with Gasteiger partial charge in [-0.1, -0.05) is 74.8 Å². The molecule has 0 unspecified atom stereocenters. The topological polar surface area (TPSA) is 48.1 Å². The maximum absolute atomic E-state index is 13.2. The first-order valence-corrected chi connectivity index (χ1v) is 11.6. The van der Waals surface area contributed by atoms with E-state index in [2.05, 4.69) is 67.5 Å². The summed E-state index contributed by atoms with van der Waals surface area (Å²) in [6.45, 7) is 7.74. The normalized spacial score (nSPS) is 11.5. The van der Waals surface area contributed by atoms with Gasteiger partial charge in [0.25, 0.3) is 0 Å². The Bertz CT molecular complexity index is 1220. The highest BCUT2D eigenvalue weighted by atomic mass is 35.5. The van der Waals surface area contributed by atoms with Crippen LogP contribution in [0.15, 0.2) is 79.0 Å². The SMILES string of the molecule is CC(C)(C)c1ccc(CN(CCc2c[nH]c3ccccc23)C(=O)Nc2ccc(Cl)cc2)cc1. The first kappa shape index (κ1) is 22.9. The molecule has 0 aliphatic heterocycles. The number of para-hydroxylation sites is 1. The van der Waals surface area contributed by atoms with Crippen molar-refractivity contribution in [3.8, 4) is 0 Å². The Balaban J connectivity index is 1.52. The molecule has 1 aromatic heterocycles. The lowest BCUT2D eigenvalue weighted by atomic mass is 9.87. The number of anilines is 1. The fraction of sp³-hybridized carbons (Fsp3) is 0.250. The number of aromatic amines is 1. The van der Waals surface area contributed by atoms with Crippen LogP contribution < -0.4 is 5.32 Å². The maximum atomic E-state index is 13.2. The molecule has 4 nitrogen and oxygen atoms in total. The van der Waals surface area contributed by atoms with Crippen LogP contribution in [0.2, 0.25) is 5.02 Å². The number of fused-ring (bicyclic) bond motifs is 1. The zero-order valence-corrected chi connectivity index (χ0v) is 20.1. The number of nitrogens with zero attached hydrogens (tertiary/aromatic N) is 1. The van der Waals surface area contributed by atoms with Gasteiger partial charge in [0.05, 0.1) is 0 Å². The average molecular weight is 460 g/mol. The summed E-state index contributed by atoms with van der Waals surface area (Å²) in [4.78, 5) is 18.4. The minimum atomic E-state index is -0.128. The Hall–Kier alpha value is -3.24. The molecular formula is C28H30ClN3O. The molecule has 0 atom stereocenters. The third kappa shape index (κ3) is 5.77. The molecule has 170 valence electrons. The molecule has 33 heavy (non-hydrogen) atoms. The van der Waals surface area contributed by atoms with E-state index in [0.717, 1.165) is 23.2 Å². The minimum Gasteiger partial charge on any atom is -0.361 e. The third-order valence-electron chi connectivity index (χ3n) is 5.90. The minimum absolute atomic E-state index is 0.0967. The van der Waals surface area contributed by atoms with Crippen LogP contribution in [0.5, 0.6) is 0 Å². The van der Waals surface area contributed by atoms with Crippen molar-refractivity contribution >= 4 is 34.2 Å². The van der Waals surface area contributed by atoms with Gasteiger partial charge in [-0.25, -0.2) is 4.79 Å². The van der Waals surface area contributed by atoms with Gasteiger partial charge in [0.1, 0.15) is 0 Å². The zero-order valence-electron chi connectivity index (χ0n) is 19.4. The van der Waals surface area contributed by atoms with Crippen LogP contribution in [0.4, 0.5) is 10.5 Å². The second-order valence-electron chi connectivity index (χ2n) is 9.42. The van der Waals surface area contributed by atoms with Gasteiger partial charge in [-0.2, -0.15) is 0 Å². The summed E-state index contributed by atoms with van der Waals surface area (Å²) in [6, 6.07) is 23.9. The molecule has 0 spiro atoms. The van der Waals surface area contributed by atoms with Crippen LogP contribution in [-0.4, -0.2) is 22.5 Å². The number of rotatable bonds is 6. The van der Waals surface area contributed by atoms with Gasteiger partial charge in [-0.05, 0) is 58.9 Å². The van der Waals surface area contributed by atoms with E-state index in [1.54, 1.807) is 12.1 Å². The Morgan fingerprint density at radius 3 is 2.36 bits per heavy atom. The van der Waals surface area contributed by atoms with Crippen LogP contribution in [0.1, 0.15) is 37.5 Å². The van der Waals surface area contributed by atoms with Gasteiger partial charge in [0, 0.05) is 40.9 Å². The number of carbonyl (C=O) groups excluding carboxylic acids is 1. The number of nitrogens with one attached hydrogen (secondary N) is 2. The van der Waals surface area contributed by atoms with Crippen LogP contribution in [-0.2, 0) is 18.4 Å². The van der Waals surface area contributed by atoms with Crippen LogP contribution >= 0.6 is 11.6 Å². The van der Waals surface area contributed by atoms with E-state index in [0.29, 0.717) is 18.1 Å². The van der Waals surface area contributed by atoms with Gasteiger partial charge in [-0.15, -0.1) is 0 Å². The summed E-state index contributed by atoms with van der Waals surface area (Å²) in [7, 11) is 0. The molecule has 0 saturated carbocycles. The molecule has 2 amide bonds. The van der Waals surface area contributed by atoms with Crippen molar-refractivity contribution in [2.75, 3.05) is 11.9 Å². The first-order chi connectivity index (χ1) is 15.8. The number of urea groups is 1. The van der Waals surface area contributed by atoms with Crippen molar-refractivity contribution in [2.24, 2.45) is 0 Å². The predicted molar refractivity (Wildman–Crippen MR) is 138 cm³/mol. The van der Waals surface area contributed by atoms with E-state index in [9.17, 15) is 4.79 Å². The largest absolute Gasteiger partial charge is 0.361 e. The molecule has 4 rings (SSSR count). The van der Waals surface area contributed by atoms with E-state index in [4.69, 9.17) is 11.6 Å². The average Bonchev–Trinajstić information content (AvgIpc) is 3.21. The number of hydrogen-bond acceptors (Lipinski definition) is 1. The molecule has 1 heterocycles. The molecule has 0 bridgehead atoms. The van der Waals surface area contributed by atoms with E-state index in [-0.39, 0.29) is 11.4 Å². The highest BCUT2D eigenvalue weighted by Crippen LogP contribution is 2.23. The lowest BCUT2D eigenvalue weighted by Crippen LogP contribution is -2.36. The smallest absolute Gasteiger partial charge is 0.322 e. The Labute approximate surface area is 200 Å². The van der Waals surface area contributed by atoms with Crippen LogP contribution in [0.3, 0.4) is 0 Å². The fourth-order valence-corrected chi connectivity index (χ4v) is 4.04. The van der Waals surface area contributed by atoms with E-state index in [1.165, 1.54) is 16.5 Å². The number of aromatic nitrogens is 1. The van der Waals surface area contributed by atoms with Gasteiger partial charge in [-0.3, -0.25) is 0 Å². The summed E-state index contributed by atoms with van der Waals surface area (Å²) in [6.07, 6.45) is 2.80. The van der Waals surface area contributed by atoms with Crippen molar-refractivity contribution in [1.82, 2.24) is 9.88 Å². The zero-order chi connectivity index (χ0) is 23.4. The molecule has 0 aliphatic carbocycles. The van der Waals surface area contributed by atoms with Crippen molar-refractivity contribution in [3.05, 3.63) is 101 Å². The Morgan fingerprint density at radius 1 is 0.970 bits per heavy atom. The summed E-state index contributed by atoms with van der Waals surface area (Å²) in [5.74, 6) is 0. The monoisotopic (exact) mass is 459 g/mol. The third-order valence-corrected chi connectivity index (χ3v) is 6.15. The molecule has 0 saturated heterocycles. The first-order valence-electron chi connectivity index (χ1n) is 11.3. The van der Waals surface area contributed by atoms with Crippen LogP contribution in [0.25, 0.3) is 10.9 Å². The lowest BCUT2D eigenvalue weighted by Gasteiger charge is -2.24. The van der Waals surface area contributed by atoms with Gasteiger partial charge in [0.2, 0.25) is 0 Å². The molecule has 0 aliphatic rings. The summed E-state index contributed by atoms with van der Waals surface area (Å²) >= 11 is 5.99. The summed E-state index contributed by atoms with van der Waals surface area (Å²) in [5.41, 5.74) is 5.53. The number of halogens is 1. The molecule has 5 heteroatoms. The van der Waals surface area contributed by atoms with Crippen LogP contribution in [0, 0.1) is 0 Å². The number of benzene rings is 3. The summed E-state index contributed by atoms with van der Waals surface area (Å²) in [5, 5.41) is 4.85. The highest BCUT2D eigenvalue weighted by molar-refractivity contribution is 6.30. The molecule has 2 N–H and O–H groups in total. The van der Waals surface area contributed by atoms with E-state index < -0.39 is 0 Å². The Kier molecular flexibility index (Phi) is 6.75. The van der Waals surface area contributed by atoms with E-state index in [1.807, 2.05) is 35.4 Å². The number of H-pyrrole nitrogens is 1. The number of carbonyl (C=O) groups is 1. The lowest BCUT2D eigenvalue weighted by molar-refractivity contribution is 0.210. The van der Waals surface area contributed by atoms with Crippen molar-refractivity contribution < 1.29 is 4.79 Å². The standard InChI is InChI=1S/C28H30ClN3O/c1-28(2,3)22-10-8-20(9-11-22)19-32(27(33)31-24-14-12-23(29)13-15-24)17-16-21-18-30-26-7-5-4-6-25(21)26/h4-15,18,30H,16-17,19H2,1-3H3,(H,31,33). The molecule has 4 aromatic rings. The van der Waals surface area contributed by atoms with Gasteiger partial charge in [0.15, 0.2) is 0 Å². The summed E-state index contributed by atoms with van der Waals surface area (Å²) < 4.78 is 0. The molecule has 0 radical (unpaired) electrons. The highest BCUT2D eigenvalue weighted by Gasteiger charge is 2.17. The molecular weight excluding hydrogens is 430 g/mol.